The van der Waals surface area contributed by atoms with Gasteiger partial charge in [-0.2, -0.15) is 5.10 Å². The lowest BCUT2D eigenvalue weighted by atomic mass is 10.0. The van der Waals surface area contributed by atoms with Crippen molar-refractivity contribution in [3.8, 4) is 5.69 Å². The molecule has 0 saturated carbocycles. The Balaban J connectivity index is 1.96. The monoisotopic (exact) mass is 409 g/mol. The van der Waals surface area contributed by atoms with E-state index in [-0.39, 0.29) is 12.2 Å². The van der Waals surface area contributed by atoms with Crippen molar-refractivity contribution in [3.05, 3.63) is 81.9 Å². The average Bonchev–Trinajstić information content (AvgIpc) is 3.05. The van der Waals surface area contributed by atoms with Crippen LogP contribution >= 0.6 is 11.6 Å². The van der Waals surface area contributed by atoms with Crippen molar-refractivity contribution in [3.63, 3.8) is 0 Å². The molecule has 0 aliphatic rings. The summed E-state index contributed by atoms with van der Waals surface area (Å²) in [6, 6.07) is 13.8. The van der Waals surface area contributed by atoms with Crippen LogP contribution in [0.15, 0.2) is 54.1 Å². The maximum Gasteiger partial charge on any atom is 0.342 e. The number of ketones is 1. The standard InChI is InChI=1S/C22H20ClN3O3/c1-4-29-22(28)19(13-17-7-5-6-8-20(17)23)21(27)16-9-11-18(12-10-16)26-15(3)24-14(2)25-26/h5-13H,4H2,1-3H3. The number of carbonyl (C=O) groups excluding carboxylic acids is 2. The molecule has 0 atom stereocenters. The zero-order valence-corrected chi connectivity index (χ0v) is 17.1. The Labute approximate surface area is 173 Å². The first-order valence-corrected chi connectivity index (χ1v) is 9.47. The van der Waals surface area contributed by atoms with E-state index in [1.54, 1.807) is 60.1 Å². The molecule has 3 rings (SSSR count). The lowest BCUT2D eigenvalue weighted by molar-refractivity contribution is -0.137. The smallest absolute Gasteiger partial charge is 0.342 e. The summed E-state index contributed by atoms with van der Waals surface area (Å²) in [5.74, 6) is 0.271. The first-order chi connectivity index (χ1) is 13.9. The van der Waals surface area contributed by atoms with Crippen LogP contribution < -0.4 is 0 Å². The minimum absolute atomic E-state index is 0.0829. The van der Waals surface area contributed by atoms with Crippen LogP contribution in [-0.4, -0.2) is 33.1 Å². The highest BCUT2D eigenvalue weighted by atomic mass is 35.5. The van der Waals surface area contributed by atoms with Crippen LogP contribution in [0.25, 0.3) is 11.8 Å². The lowest BCUT2D eigenvalue weighted by Crippen LogP contribution is -2.16. The molecule has 6 nitrogen and oxygen atoms in total. The zero-order chi connectivity index (χ0) is 21.0. The molecule has 0 fully saturated rings. The number of hydrogen-bond donors (Lipinski definition) is 0. The second-order valence-corrected chi connectivity index (χ2v) is 6.70. The maximum absolute atomic E-state index is 13.0. The zero-order valence-electron chi connectivity index (χ0n) is 16.3. The van der Waals surface area contributed by atoms with Crippen molar-refractivity contribution in [1.82, 2.24) is 14.8 Å². The van der Waals surface area contributed by atoms with Crippen molar-refractivity contribution in [2.75, 3.05) is 6.61 Å². The molecule has 0 N–H and O–H groups in total. The third-order valence-corrected chi connectivity index (χ3v) is 4.54. The summed E-state index contributed by atoms with van der Waals surface area (Å²) in [6.45, 7) is 5.51. The average molecular weight is 410 g/mol. The van der Waals surface area contributed by atoms with Crippen LogP contribution in [-0.2, 0) is 9.53 Å². The van der Waals surface area contributed by atoms with E-state index in [4.69, 9.17) is 16.3 Å². The number of aromatic nitrogens is 3. The van der Waals surface area contributed by atoms with E-state index >= 15 is 0 Å². The van der Waals surface area contributed by atoms with Gasteiger partial charge in [0.15, 0.2) is 5.78 Å². The number of nitrogens with zero attached hydrogens (tertiary/aromatic N) is 3. The Morgan fingerprint density at radius 2 is 1.79 bits per heavy atom. The Hall–Kier alpha value is -3.25. The quantitative estimate of drug-likeness (QED) is 0.199. The summed E-state index contributed by atoms with van der Waals surface area (Å²) < 4.78 is 6.77. The van der Waals surface area contributed by atoms with Crippen LogP contribution in [0.5, 0.6) is 0 Å². The molecule has 3 aromatic rings. The summed E-state index contributed by atoms with van der Waals surface area (Å²) in [7, 11) is 0. The highest BCUT2D eigenvalue weighted by Gasteiger charge is 2.22. The van der Waals surface area contributed by atoms with E-state index < -0.39 is 11.8 Å². The van der Waals surface area contributed by atoms with Gasteiger partial charge in [-0.3, -0.25) is 4.79 Å². The molecule has 148 valence electrons. The summed E-state index contributed by atoms with van der Waals surface area (Å²) in [4.78, 5) is 29.8. The molecular formula is C22H20ClN3O3. The molecule has 0 bridgehead atoms. The summed E-state index contributed by atoms with van der Waals surface area (Å²) in [6.07, 6.45) is 1.46. The number of carbonyl (C=O) groups is 2. The Morgan fingerprint density at radius 1 is 1.10 bits per heavy atom. The molecular weight excluding hydrogens is 390 g/mol. The van der Waals surface area contributed by atoms with Crippen LogP contribution in [0.4, 0.5) is 0 Å². The van der Waals surface area contributed by atoms with E-state index in [0.717, 1.165) is 11.5 Å². The van der Waals surface area contributed by atoms with Crippen LogP contribution in [0.1, 0.15) is 34.5 Å². The molecule has 1 heterocycles. The summed E-state index contributed by atoms with van der Waals surface area (Å²) >= 11 is 6.18. The van der Waals surface area contributed by atoms with Crippen LogP contribution in [0.2, 0.25) is 5.02 Å². The van der Waals surface area contributed by atoms with Crippen molar-refractivity contribution < 1.29 is 14.3 Å². The second-order valence-electron chi connectivity index (χ2n) is 6.29. The topological polar surface area (TPSA) is 74.1 Å². The largest absolute Gasteiger partial charge is 0.462 e. The number of hydrogen-bond acceptors (Lipinski definition) is 5. The number of Topliss-reactive ketones (excluding diaryl/α,β-unsaturated/α-hetero) is 1. The van der Waals surface area contributed by atoms with Gasteiger partial charge in [-0.25, -0.2) is 14.5 Å². The van der Waals surface area contributed by atoms with Crippen molar-refractivity contribution in [1.29, 1.82) is 0 Å². The fraction of sp³-hybridized carbons (Fsp3) is 0.182. The van der Waals surface area contributed by atoms with Gasteiger partial charge in [-0.05, 0) is 62.7 Å². The number of aryl methyl sites for hydroxylation is 2. The number of rotatable bonds is 6. The molecule has 0 aliphatic heterocycles. The van der Waals surface area contributed by atoms with E-state index in [9.17, 15) is 9.59 Å². The predicted octanol–water partition coefficient (Wildman–Crippen LogP) is 4.37. The molecule has 0 saturated heterocycles. The molecule has 2 aromatic carbocycles. The summed E-state index contributed by atoms with van der Waals surface area (Å²) in [5, 5.41) is 4.77. The first-order valence-electron chi connectivity index (χ1n) is 9.09. The van der Waals surface area contributed by atoms with Crippen LogP contribution in [0.3, 0.4) is 0 Å². The highest BCUT2D eigenvalue weighted by molar-refractivity contribution is 6.33. The first kappa shape index (κ1) is 20.5. The van der Waals surface area contributed by atoms with E-state index in [0.29, 0.717) is 22.0 Å². The van der Waals surface area contributed by atoms with E-state index in [1.165, 1.54) is 6.08 Å². The van der Waals surface area contributed by atoms with E-state index in [2.05, 4.69) is 10.1 Å². The highest BCUT2D eigenvalue weighted by Crippen LogP contribution is 2.21. The van der Waals surface area contributed by atoms with Gasteiger partial charge in [0.2, 0.25) is 0 Å². The van der Waals surface area contributed by atoms with Gasteiger partial charge in [0.1, 0.15) is 17.2 Å². The van der Waals surface area contributed by atoms with Crippen LogP contribution in [0, 0.1) is 13.8 Å². The second kappa shape index (κ2) is 8.84. The van der Waals surface area contributed by atoms with Crippen molar-refractivity contribution >= 4 is 29.4 Å². The number of esters is 1. The van der Waals surface area contributed by atoms with Gasteiger partial charge < -0.3 is 4.74 Å². The minimum Gasteiger partial charge on any atom is -0.462 e. The Kier molecular flexibility index (Phi) is 6.24. The van der Waals surface area contributed by atoms with Crippen molar-refractivity contribution in [2.24, 2.45) is 0 Å². The lowest BCUT2D eigenvalue weighted by Gasteiger charge is -2.09. The maximum atomic E-state index is 13.0. The third kappa shape index (κ3) is 4.60. The Morgan fingerprint density at radius 3 is 2.38 bits per heavy atom. The fourth-order valence-corrected chi connectivity index (χ4v) is 3.04. The molecule has 0 radical (unpaired) electrons. The van der Waals surface area contributed by atoms with E-state index in [1.807, 2.05) is 13.8 Å². The molecule has 29 heavy (non-hydrogen) atoms. The number of ether oxygens (including phenoxy) is 1. The predicted molar refractivity (Wildman–Crippen MR) is 111 cm³/mol. The van der Waals surface area contributed by atoms with Gasteiger partial charge in [-0.15, -0.1) is 0 Å². The third-order valence-electron chi connectivity index (χ3n) is 4.19. The molecule has 0 aliphatic carbocycles. The SMILES string of the molecule is CCOC(=O)C(=Cc1ccccc1Cl)C(=O)c1ccc(-n2nc(C)nc2C)cc1. The van der Waals surface area contributed by atoms with Crippen molar-refractivity contribution in [2.45, 2.75) is 20.8 Å². The number of benzene rings is 2. The minimum atomic E-state index is -0.691. The van der Waals surface area contributed by atoms with Gasteiger partial charge in [0, 0.05) is 10.6 Å². The van der Waals surface area contributed by atoms with Gasteiger partial charge in [0.25, 0.3) is 0 Å². The molecule has 0 spiro atoms. The van der Waals surface area contributed by atoms with Gasteiger partial charge in [0.05, 0.1) is 12.3 Å². The van der Waals surface area contributed by atoms with Gasteiger partial charge >= 0.3 is 5.97 Å². The molecule has 0 unspecified atom stereocenters. The summed E-state index contributed by atoms with van der Waals surface area (Å²) in [5.41, 5.74) is 1.61. The Bertz CT molecular complexity index is 1080. The normalized spacial score (nSPS) is 11.4. The number of halogens is 1. The van der Waals surface area contributed by atoms with Gasteiger partial charge in [-0.1, -0.05) is 29.8 Å². The molecule has 1 aromatic heterocycles. The fourth-order valence-electron chi connectivity index (χ4n) is 2.85. The molecule has 0 amide bonds. The molecule has 7 heteroatoms.